The van der Waals surface area contributed by atoms with Gasteiger partial charge in [-0.05, 0) is 63.5 Å². The number of benzene rings is 1. The van der Waals surface area contributed by atoms with E-state index >= 15 is 0 Å². The van der Waals surface area contributed by atoms with Gasteiger partial charge in [0.1, 0.15) is 11.3 Å². The van der Waals surface area contributed by atoms with Crippen molar-refractivity contribution in [1.82, 2.24) is 0 Å². The monoisotopic (exact) mass is 352 g/mol. The van der Waals surface area contributed by atoms with Crippen molar-refractivity contribution in [2.45, 2.75) is 80.4 Å². The largest absolute Gasteiger partial charge is 0.316 e. The van der Waals surface area contributed by atoms with Crippen LogP contribution in [-0.4, -0.2) is 19.7 Å². The van der Waals surface area contributed by atoms with Gasteiger partial charge in [-0.2, -0.15) is 8.42 Å². The van der Waals surface area contributed by atoms with Crippen LogP contribution in [0.2, 0.25) is 0 Å². The fraction of sp³-hybridized carbons (Fsp3) is 0.667. The van der Waals surface area contributed by atoms with E-state index < -0.39 is 17.7 Å². The Morgan fingerprint density at radius 2 is 1.26 bits per heavy atom. The van der Waals surface area contributed by atoms with Crippen LogP contribution in [0.25, 0.3) is 0 Å². The third-order valence-electron chi connectivity index (χ3n) is 5.14. The molecule has 0 N–H and O–H groups in total. The van der Waals surface area contributed by atoms with Gasteiger partial charge in [-0.1, -0.05) is 31.0 Å². The average Bonchev–Trinajstić information content (AvgIpc) is 2.62. The van der Waals surface area contributed by atoms with Gasteiger partial charge in [-0.15, -0.1) is 0 Å². The van der Waals surface area contributed by atoms with E-state index in [1.54, 1.807) is 24.3 Å². The minimum atomic E-state index is -3.50. The van der Waals surface area contributed by atoms with Crippen LogP contribution in [0, 0.1) is 0 Å². The molecule has 0 amide bonds. The quantitative estimate of drug-likeness (QED) is 0.652. The lowest BCUT2D eigenvalue weighted by Crippen LogP contribution is -2.17. The Morgan fingerprint density at radius 3 is 1.74 bits per heavy atom. The molecule has 3 rings (SSSR count). The first kappa shape index (κ1) is 17.1. The van der Waals surface area contributed by atoms with Gasteiger partial charge in [0, 0.05) is 4.15 Å². The summed E-state index contributed by atoms with van der Waals surface area (Å²) in [7, 11) is -4.28. The normalized spacial score (nSPS) is 21.0. The molecule has 0 bridgehead atoms. The zero-order valence-electron chi connectivity index (χ0n) is 13.7. The summed E-state index contributed by atoms with van der Waals surface area (Å²) in [5.74, 6) is 0. The molecule has 2 aliphatic carbocycles. The third kappa shape index (κ3) is 4.42. The zero-order chi connectivity index (χ0) is 16.1. The van der Waals surface area contributed by atoms with Gasteiger partial charge in [0.15, 0.2) is 0 Å². The molecule has 2 aliphatic rings. The van der Waals surface area contributed by atoms with Crippen molar-refractivity contribution in [3.05, 3.63) is 30.3 Å². The second-order valence-electron chi connectivity index (χ2n) is 6.83. The molecule has 23 heavy (non-hydrogen) atoms. The van der Waals surface area contributed by atoms with Crippen LogP contribution >= 0.6 is 7.71 Å². The Labute approximate surface area is 141 Å². The van der Waals surface area contributed by atoms with Crippen LogP contribution in [-0.2, 0) is 10.0 Å². The molecule has 0 radical (unpaired) electrons. The van der Waals surface area contributed by atoms with E-state index in [2.05, 4.69) is 4.15 Å². The van der Waals surface area contributed by atoms with Crippen molar-refractivity contribution >= 4 is 17.7 Å². The van der Waals surface area contributed by atoms with Crippen molar-refractivity contribution in [3.8, 4) is 0 Å². The van der Waals surface area contributed by atoms with Crippen molar-refractivity contribution in [2.24, 2.45) is 4.15 Å². The lowest BCUT2D eigenvalue weighted by molar-refractivity contribution is 0.487. The molecule has 0 unspecified atom stereocenters. The highest BCUT2D eigenvalue weighted by atomic mass is 32.2. The highest BCUT2D eigenvalue weighted by molar-refractivity contribution is 7.92. The van der Waals surface area contributed by atoms with E-state index in [0.29, 0.717) is 16.2 Å². The van der Waals surface area contributed by atoms with E-state index in [1.165, 1.54) is 64.2 Å². The number of hydrogen-bond donors (Lipinski definition) is 0. The van der Waals surface area contributed by atoms with Gasteiger partial charge >= 0.3 is 10.0 Å². The minimum absolute atomic E-state index is 0.360. The predicted molar refractivity (Wildman–Crippen MR) is 96.7 cm³/mol. The lowest BCUT2D eigenvalue weighted by Gasteiger charge is -2.22. The minimum Gasteiger partial charge on any atom is -0.196 e. The molecule has 0 atom stereocenters. The summed E-state index contributed by atoms with van der Waals surface area (Å²) >= 11 is 0. The SMILES string of the molecule is O=S(=O)(N=[P+](C1CCCCC1)C1CCCCC1)c1ccccc1. The van der Waals surface area contributed by atoms with Gasteiger partial charge in [0.25, 0.3) is 0 Å². The number of nitrogens with zero attached hydrogens (tertiary/aromatic N) is 1. The molecule has 0 spiro atoms. The fourth-order valence-corrected chi connectivity index (χ4v) is 9.21. The summed E-state index contributed by atoms with van der Waals surface area (Å²) < 4.78 is 30.1. The van der Waals surface area contributed by atoms with E-state index in [-0.39, 0.29) is 0 Å². The predicted octanol–water partition coefficient (Wildman–Crippen LogP) is 5.71. The summed E-state index contributed by atoms with van der Waals surface area (Å²) in [6.07, 6.45) is 12.3. The summed E-state index contributed by atoms with van der Waals surface area (Å²) in [5.41, 5.74) is 1.06. The molecule has 3 nitrogen and oxygen atoms in total. The summed E-state index contributed by atoms with van der Waals surface area (Å²) in [5, 5.41) is 0. The summed E-state index contributed by atoms with van der Waals surface area (Å²) in [6, 6.07) is 8.77. The molecule has 1 aromatic rings. The Morgan fingerprint density at radius 1 is 0.783 bits per heavy atom. The van der Waals surface area contributed by atoms with Crippen molar-refractivity contribution < 1.29 is 8.42 Å². The maximum Gasteiger partial charge on any atom is 0.316 e. The molecule has 1 aromatic carbocycles. The van der Waals surface area contributed by atoms with Crippen LogP contribution in [0.3, 0.4) is 0 Å². The maximum atomic E-state index is 12.8. The van der Waals surface area contributed by atoms with Crippen molar-refractivity contribution in [3.63, 3.8) is 0 Å². The standard InChI is InChI=1S/C18H27NO2PS/c20-23(21,18-14-8-3-9-15-18)19-22(16-10-4-1-5-11-16)17-12-6-2-7-13-17/h3,8-9,14-17H,1-2,4-7,10-13H2/q+1. The van der Waals surface area contributed by atoms with Crippen LogP contribution < -0.4 is 0 Å². The van der Waals surface area contributed by atoms with Crippen molar-refractivity contribution in [2.75, 3.05) is 0 Å². The highest BCUT2D eigenvalue weighted by Crippen LogP contribution is 2.50. The molecule has 0 heterocycles. The van der Waals surface area contributed by atoms with Gasteiger partial charge < -0.3 is 0 Å². The zero-order valence-corrected chi connectivity index (χ0v) is 15.4. The maximum absolute atomic E-state index is 12.8. The molecule has 0 saturated heterocycles. The van der Waals surface area contributed by atoms with Gasteiger partial charge in [0.05, 0.1) is 4.90 Å². The highest BCUT2D eigenvalue weighted by Gasteiger charge is 2.39. The topological polar surface area (TPSA) is 46.5 Å². The van der Waals surface area contributed by atoms with E-state index in [4.69, 9.17) is 0 Å². The fourth-order valence-electron chi connectivity index (χ4n) is 3.89. The Bertz CT molecular complexity index is 610. The van der Waals surface area contributed by atoms with Gasteiger partial charge in [0.2, 0.25) is 7.71 Å². The number of rotatable bonds is 4. The number of sulfonamides is 1. The second-order valence-corrected chi connectivity index (χ2v) is 11.1. The van der Waals surface area contributed by atoms with Crippen LogP contribution in [0.15, 0.2) is 39.4 Å². The van der Waals surface area contributed by atoms with Gasteiger partial charge in [-0.25, -0.2) is 0 Å². The average molecular weight is 352 g/mol. The van der Waals surface area contributed by atoms with E-state index in [0.717, 1.165) is 0 Å². The molecular formula is C18H27NO2PS+. The Hall–Kier alpha value is -0.730. The van der Waals surface area contributed by atoms with Crippen molar-refractivity contribution in [1.29, 1.82) is 0 Å². The second kappa shape index (κ2) is 7.90. The molecule has 2 fully saturated rings. The molecule has 5 heteroatoms. The Kier molecular flexibility index (Phi) is 5.87. The summed E-state index contributed by atoms with van der Waals surface area (Å²) in [4.78, 5) is 0.360. The molecule has 2 saturated carbocycles. The molecule has 126 valence electrons. The molecule has 0 aromatic heterocycles. The van der Waals surface area contributed by atoms with Crippen LogP contribution in [0.4, 0.5) is 0 Å². The summed E-state index contributed by atoms with van der Waals surface area (Å²) in [6.45, 7) is 0. The first-order valence-electron chi connectivity index (χ1n) is 8.98. The first-order chi connectivity index (χ1) is 11.2. The van der Waals surface area contributed by atoms with E-state index in [9.17, 15) is 8.42 Å². The van der Waals surface area contributed by atoms with Crippen LogP contribution in [0.1, 0.15) is 64.2 Å². The third-order valence-corrected chi connectivity index (χ3v) is 10.2. The van der Waals surface area contributed by atoms with E-state index in [1.807, 2.05) is 6.07 Å². The lowest BCUT2D eigenvalue weighted by atomic mass is 10.00. The molecular weight excluding hydrogens is 325 g/mol. The number of hydrogen-bond acceptors (Lipinski definition) is 2. The Balaban J connectivity index is 1.92. The first-order valence-corrected chi connectivity index (χ1v) is 11.9. The smallest absolute Gasteiger partial charge is 0.196 e. The van der Waals surface area contributed by atoms with Gasteiger partial charge in [-0.3, -0.25) is 0 Å². The van der Waals surface area contributed by atoms with Crippen LogP contribution in [0.5, 0.6) is 0 Å². The molecule has 0 aliphatic heterocycles.